The number of hydrogen-bond donors (Lipinski definition) is 1. The average Bonchev–Trinajstić information content (AvgIpc) is 2.91. The van der Waals surface area contributed by atoms with E-state index in [0.717, 1.165) is 29.7 Å². The van der Waals surface area contributed by atoms with E-state index in [4.69, 9.17) is 0 Å². The van der Waals surface area contributed by atoms with Gasteiger partial charge in [0.1, 0.15) is 0 Å². The molecule has 2 rings (SSSR count). The van der Waals surface area contributed by atoms with Gasteiger partial charge in [0.25, 0.3) is 0 Å². The second-order valence-corrected chi connectivity index (χ2v) is 7.84. The van der Waals surface area contributed by atoms with Gasteiger partial charge in [-0.15, -0.1) is 0 Å². The molecule has 3 atom stereocenters. The van der Waals surface area contributed by atoms with Crippen LogP contribution in [0.5, 0.6) is 0 Å². The van der Waals surface area contributed by atoms with Crippen molar-refractivity contribution in [1.82, 2.24) is 10.2 Å². The molecule has 0 saturated heterocycles. The van der Waals surface area contributed by atoms with E-state index in [1.807, 2.05) is 0 Å². The Morgan fingerprint density at radius 2 is 1.75 bits per heavy atom. The van der Waals surface area contributed by atoms with E-state index in [-0.39, 0.29) is 0 Å². The fourth-order valence-electron chi connectivity index (χ4n) is 4.60. The molecule has 0 spiro atoms. The van der Waals surface area contributed by atoms with Crippen molar-refractivity contribution in [2.75, 3.05) is 27.2 Å². The fraction of sp³-hybridized carbons (Fsp3) is 1.00. The van der Waals surface area contributed by atoms with Crippen molar-refractivity contribution < 1.29 is 0 Å². The molecule has 0 bridgehead atoms. The first-order valence-electron chi connectivity index (χ1n) is 8.96. The van der Waals surface area contributed by atoms with E-state index in [0.29, 0.717) is 0 Å². The van der Waals surface area contributed by atoms with Gasteiger partial charge in [-0.1, -0.05) is 26.7 Å². The molecule has 2 fully saturated rings. The van der Waals surface area contributed by atoms with Crippen LogP contribution in [-0.2, 0) is 0 Å². The standard InChI is InChI=1S/C18H36N2/c1-14(2)16-9-10-18(19-3)17(11-16)13-20(4)12-15-7-5-6-8-15/h14-19H,5-13H2,1-4H3. The molecule has 0 aromatic rings. The summed E-state index contributed by atoms with van der Waals surface area (Å²) in [5.41, 5.74) is 0. The molecule has 0 radical (unpaired) electrons. The van der Waals surface area contributed by atoms with Gasteiger partial charge in [-0.2, -0.15) is 0 Å². The highest BCUT2D eigenvalue weighted by Gasteiger charge is 2.31. The van der Waals surface area contributed by atoms with E-state index in [9.17, 15) is 0 Å². The van der Waals surface area contributed by atoms with Crippen LogP contribution in [0.3, 0.4) is 0 Å². The maximum atomic E-state index is 3.59. The summed E-state index contributed by atoms with van der Waals surface area (Å²) in [6.07, 6.45) is 10.1. The molecule has 0 aromatic carbocycles. The highest BCUT2D eigenvalue weighted by atomic mass is 15.1. The highest BCUT2D eigenvalue weighted by Crippen LogP contribution is 2.34. The zero-order chi connectivity index (χ0) is 14.5. The van der Waals surface area contributed by atoms with Crippen molar-refractivity contribution in [1.29, 1.82) is 0 Å². The number of hydrogen-bond acceptors (Lipinski definition) is 2. The average molecular weight is 280 g/mol. The zero-order valence-electron chi connectivity index (χ0n) is 14.2. The van der Waals surface area contributed by atoms with Crippen LogP contribution in [0.25, 0.3) is 0 Å². The highest BCUT2D eigenvalue weighted by molar-refractivity contribution is 4.87. The Labute approximate surface area is 126 Å². The Kier molecular flexibility index (Phi) is 6.35. The minimum Gasteiger partial charge on any atom is -0.317 e. The van der Waals surface area contributed by atoms with Crippen molar-refractivity contribution in [3.8, 4) is 0 Å². The molecular formula is C18H36N2. The lowest BCUT2D eigenvalue weighted by atomic mass is 9.73. The van der Waals surface area contributed by atoms with Crippen LogP contribution in [0.1, 0.15) is 58.8 Å². The zero-order valence-corrected chi connectivity index (χ0v) is 14.2. The van der Waals surface area contributed by atoms with Crippen LogP contribution in [0.15, 0.2) is 0 Å². The molecule has 0 aromatic heterocycles. The topological polar surface area (TPSA) is 15.3 Å². The first-order chi connectivity index (χ1) is 9.60. The lowest BCUT2D eigenvalue weighted by Crippen LogP contribution is -2.45. The number of nitrogens with one attached hydrogen (secondary N) is 1. The van der Waals surface area contributed by atoms with Crippen molar-refractivity contribution in [3.05, 3.63) is 0 Å². The molecule has 20 heavy (non-hydrogen) atoms. The molecule has 2 heteroatoms. The summed E-state index contributed by atoms with van der Waals surface area (Å²) in [4.78, 5) is 2.63. The first-order valence-corrected chi connectivity index (χ1v) is 8.96. The quantitative estimate of drug-likeness (QED) is 0.797. The van der Waals surface area contributed by atoms with E-state index in [2.05, 4.69) is 38.2 Å². The van der Waals surface area contributed by atoms with Crippen LogP contribution in [-0.4, -0.2) is 38.1 Å². The third-order valence-electron chi connectivity index (χ3n) is 5.93. The minimum absolute atomic E-state index is 0.746. The predicted octanol–water partition coefficient (Wildman–Crippen LogP) is 3.77. The maximum absolute atomic E-state index is 3.59. The molecule has 2 nitrogen and oxygen atoms in total. The Morgan fingerprint density at radius 1 is 1.05 bits per heavy atom. The second-order valence-electron chi connectivity index (χ2n) is 7.84. The van der Waals surface area contributed by atoms with Crippen molar-refractivity contribution >= 4 is 0 Å². The number of rotatable bonds is 6. The van der Waals surface area contributed by atoms with Crippen LogP contribution >= 0.6 is 0 Å². The van der Waals surface area contributed by atoms with Gasteiger partial charge in [0.05, 0.1) is 0 Å². The molecule has 0 aliphatic heterocycles. The monoisotopic (exact) mass is 280 g/mol. The lowest BCUT2D eigenvalue weighted by molar-refractivity contribution is 0.129. The summed E-state index contributed by atoms with van der Waals surface area (Å²) in [5, 5.41) is 3.59. The normalized spacial score (nSPS) is 32.4. The number of nitrogens with zero attached hydrogens (tertiary/aromatic N) is 1. The molecule has 0 heterocycles. The summed E-state index contributed by atoms with van der Waals surface area (Å²) in [7, 11) is 4.51. The van der Waals surface area contributed by atoms with Gasteiger partial charge in [0.15, 0.2) is 0 Å². The third kappa shape index (κ3) is 4.46. The largest absolute Gasteiger partial charge is 0.317 e. The summed E-state index contributed by atoms with van der Waals surface area (Å²) in [5.74, 6) is 3.64. The van der Waals surface area contributed by atoms with E-state index in [1.54, 1.807) is 0 Å². The van der Waals surface area contributed by atoms with Gasteiger partial charge in [0.2, 0.25) is 0 Å². The Hall–Kier alpha value is -0.0800. The lowest BCUT2D eigenvalue weighted by Gasteiger charge is -2.40. The van der Waals surface area contributed by atoms with Crippen LogP contribution in [0, 0.1) is 23.7 Å². The molecule has 118 valence electrons. The van der Waals surface area contributed by atoms with Crippen molar-refractivity contribution in [2.24, 2.45) is 23.7 Å². The Bertz CT molecular complexity index is 271. The van der Waals surface area contributed by atoms with Gasteiger partial charge in [0, 0.05) is 19.1 Å². The molecule has 3 unspecified atom stereocenters. The first kappa shape index (κ1) is 16.3. The molecule has 2 aliphatic rings. The van der Waals surface area contributed by atoms with Gasteiger partial charge < -0.3 is 10.2 Å². The summed E-state index contributed by atoms with van der Waals surface area (Å²) < 4.78 is 0. The maximum Gasteiger partial charge on any atom is 0.0105 e. The van der Waals surface area contributed by atoms with Gasteiger partial charge >= 0.3 is 0 Å². The van der Waals surface area contributed by atoms with Crippen LogP contribution in [0.4, 0.5) is 0 Å². The summed E-state index contributed by atoms with van der Waals surface area (Å²) in [6.45, 7) is 7.44. The smallest absolute Gasteiger partial charge is 0.0105 e. The van der Waals surface area contributed by atoms with E-state index < -0.39 is 0 Å². The van der Waals surface area contributed by atoms with Gasteiger partial charge in [-0.3, -0.25) is 0 Å². The van der Waals surface area contributed by atoms with Crippen LogP contribution in [0.2, 0.25) is 0 Å². The Morgan fingerprint density at radius 3 is 2.35 bits per heavy atom. The molecule has 2 saturated carbocycles. The van der Waals surface area contributed by atoms with E-state index >= 15 is 0 Å². The fourth-order valence-corrected chi connectivity index (χ4v) is 4.60. The second kappa shape index (κ2) is 7.79. The SMILES string of the molecule is CNC1CCC(C(C)C)CC1CN(C)CC1CCCC1. The van der Waals surface area contributed by atoms with Crippen LogP contribution < -0.4 is 5.32 Å². The molecule has 1 N–H and O–H groups in total. The Balaban J connectivity index is 1.83. The summed E-state index contributed by atoms with van der Waals surface area (Å²) >= 11 is 0. The molecule has 2 aliphatic carbocycles. The molecular weight excluding hydrogens is 244 g/mol. The van der Waals surface area contributed by atoms with Crippen molar-refractivity contribution in [2.45, 2.75) is 64.8 Å². The predicted molar refractivity (Wildman–Crippen MR) is 88.0 cm³/mol. The summed E-state index contributed by atoms with van der Waals surface area (Å²) in [6, 6.07) is 0.746. The van der Waals surface area contributed by atoms with Gasteiger partial charge in [-0.05, 0) is 69.9 Å². The van der Waals surface area contributed by atoms with Gasteiger partial charge in [-0.25, -0.2) is 0 Å². The van der Waals surface area contributed by atoms with E-state index in [1.165, 1.54) is 58.0 Å². The third-order valence-corrected chi connectivity index (χ3v) is 5.93. The molecule has 0 amide bonds. The minimum atomic E-state index is 0.746. The van der Waals surface area contributed by atoms with Crippen molar-refractivity contribution in [3.63, 3.8) is 0 Å².